The number of esters is 4. The van der Waals surface area contributed by atoms with Crippen LogP contribution in [-0.2, 0) is 74.9 Å². The van der Waals surface area contributed by atoms with E-state index in [0.717, 1.165) is 170 Å². The van der Waals surface area contributed by atoms with Gasteiger partial charge in [-0.3, -0.25) is 42.1 Å². The monoisotopic (exact) mass is 2070 g/mol. The second kappa shape index (κ2) is 94.5. The second-order valence-electron chi connectivity index (χ2n) is 41.4. The van der Waals surface area contributed by atoms with Crippen molar-refractivity contribution in [1.82, 2.24) is 5.32 Å². The molecule has 2 aliphatic carbocycles. The molecular formula is C122H210N2O19P2. The highest BCUT2D eigenvalue weighted by atomic mass is 31.2. The number of aliphatic carboxylic acids is 1. The average molecular weight is 2070 g/mol. The Morgan fingerprint density at radius 2 is 0.641 bits per heavy atom. The van der Waals surface area contributed by atoms with Crippen LogP contribution in [0, 0.1) is 10.8 Å². The number of carbonyl (C=O) groups is 6. The Balaban J connectivity index is 0.00000244. The predicted molar refractivity (Wildman–Crippen MR) is 605 cm³/mol. The lowest BCUT2D eigenvalue weighted by molar-refractivity contribution is -0.161. The summed E-state index contributed by atoms with van der Waals surface area (Å²) in [7, 11) is -8.98. The molecule has 0 aromatic heterocycles. The number of phosphoric ester groups is 2. The number of hydrogen-bond acceptors (Lipinski definition) is 17. The normalized spacial score (nSPS) is 15.7. The third-order valence-electron chi connectivity index (χ3n) is 26.2. The van der Waals surface area contributed by atoms with Gasteiger partial charge in [0.1, 0.15) is 13.2 Å². The van der Waals surface area contributed by atoms with Gasteiger partial charge in [0.05, 0.1) is 26.4 Å². The van der Waals surface area contributed by atoms with Gasteiger partial charge in [-0.05, 0) is 242 Å². The van der Waals surface area contributed by atoms with Gasteiger partial charge in [0, 0.05) is 50.9 Å². The fraction of sp³-hybridized carbons (Fsp3) is 0.721. The van der Waals surface area contributed by atoms with Crippen LogP contribution >= 0.6 is 15.6 Å². The van der Waals surface area contributed by atoms with Gasteiger partial charge in [-0.1, -0.05) is 393 Å². The molecule has 2 unspecified atom stereocenters. The van der Waals surface area contributed by atoms with Crippen molar-refractivity contribution in [2.75, 3.05) is 52.7 Å². The van der Waals surface area contributed by atoms with Gasteiger partial charge in [-0.25, -0.2) is 13.9 Å². The molecule has 0 radical (unpaired) electrons. The molecule has 4 atom stereocenters. The maximum atomic E-state index is 12.9. The van der Waals surface area contributed by atoms with Crippen LogP contribution in [0.3, 0.4) is 0 Å². The summed E-state index contributed by atoms with van der Waals surface area (Å²) in [6, 6.07) is 0. The number of nitrogens with one attached hydrogen (secondary N) is 1. The SMILES string of the molecule is CC1=C(/C=C/C(C)=C/C=C/C(C)=C/C(=O)O)C(C)(C)CCC1.CCCCCCCC/C=C\CCCCCCCC(=O)OC[C@H](COP(=O)(O)OCCN)OC(=O)CCCCCCC/C=C\CCCCCCCC.CCCCCCCC/C=C\CCCCCCCC(=O)OC[C@H](COP(=O)(O)OCCNC(=O)/C=C(C)/C=C/C=C(C)/C=C/C1=C(C)CCCC1(C)C)OC(=O)CCCCCCC/C=C\CCCCCCCC. The van der Waals surface area contributed by atoms with Gasteiger partial charge < -0.3 is 44.9 Å². The molecule has 0 heterocycles. The third-order valence-corrected chi connectivity index (χ3v) is 28.1. The summed E-state index contributed by atoms with van der Waals surface area (Å²) in [5, 5.41) is 11.3. The number of hydrogen-bond donors (Lipinski definition) is 5. The van der Waals surface area contributed by atoms with Crippen molar-refractivity contribution >= 4 is 51.4 Å². The molecule has 0 fully saturated rings. The number of allylic oxidation sites excluding steroid dienone is 26. The fourth-order valence-corrected chi connectivity index (χ4v) is 18.9. The van der Waals surface area contributed by atoms with Crippen LogP contribution in [0.2, 0.25) is 0 Å². The molecule has 2 rings (SSSR count). The van der Waals surface area contributed by atoms with E-state index in [-0.39, 0.29) is 81.9 Å². The van der Waals surface area contributed by atoms with E-state index in [0.29, 0.717) is 19.3 Å². The summed E-state index contributed by atoms with van der Waals surface area (Å²) in [4.78, 5) is 93.9. The molecule has 2 aliphatic rings. The van der Waals surface area contributed by atoms with Gasteiger partial charge in [-0.2, -0.15) is 0 Å². The summed E-state index contributed by atoms with van der Waals surface area (Å²) >= 11 is 0. The molecule has 1 amide bonds. The highest BCUT2D eigenvalue weighted by Gasteiger charge is 2.31. The van der Waals surface area contributed by atoms with Gasteiger partial charge in [0.15, 0.2) is 12.2 Å². The Labute approximate surface area is 883 Å². The number of amides is 1. The Bertz CT molecular complexity index is 3920. The van der Waals surface area contributed by atoms with Crippen LogP contribution in [0.5, 0.6) is 0 Å². The molecule has 145 heavy (non-hydrogen) atoms. The minimum atomic E-state index is -4.61. The molecule has 0 saturated heterocycles. The molecule has 0 aromatic carbocycles. The standard InChI is InChI=1S/C61H104NO9P.C41H78NO8P.C20H28O2/c1-8-10-12-14-16-18-20-22-24-26-28-30-32-34-36-43-59(64)68-51-56(71-60(65)44-37-35-33-31-29-27-25-23-21-19-17-15-13-11-9-2)52-70-72(66,67)69-49-48-62-58(63)50-54(4)41-38-40-53(3)45-46-57-55(5)42-39-47-61(57,6)7;1-3-5-7-9-11-13-15-17-19-21-23-25-27-29-31-33-40(43)47-37-39(38-49-51(45,46)48-36-35-42)50-41(44)34-32-30-28-26-24-22-20-18-16-14-12-10-8-6-4-2;1-15(8-6-9-16(2)14-19(21)22)11-12-18-17(3)10-7-13-20(18,4)5/h22-25,38,40-41,45-46,50,56H,8-21,26-37,39,42-44,47-49,51-52H2,1-7H3,(H,62,63)(H,66,67);17-20,39H,3-16,21-38,42H2,1-2H3,(H,45,46);6,8-9,11-12,14H,7,10,13H2,1-5H3,(H,21,22)/b24-22-,25-23-,41-38+,46-45+,53-40+,54-50+;19-17-,20-18-;9-6+,12-11+,15-8+,16-14+/t56-;39-;/m11./s1. The Morgan fingerprint density at radius 1 is 0.366 bits per heavy atom. The molecule has 0 aromatic rings. The average Bonchev–Trinajstić information content (AvgIpc) is 0.824. The summed E-state index contributed by atoms with van der Waals surface area (Å²) in [5.74, 6) is -3.04. The highest BCUT2D eigenvalue weighted by Crippen LogP contribution is 2.45. The minimum absolute atomic E-state index is 0.0437. The first-order valence-corrected chi connectivity index (χ1v) is 60.3. The van der Waals surface area contributed by atoms with Crippen LogP contribution in [0.1, 0.15) is 495 Å². The van der Waals surface area contributed by atoms with Crippen molar-refractivity contribution < 1.29 is 89.8 Å². The number of carboxylic acids is 1. The highest BCUT2D eigenvalue weighted by molar-refractivity contribution is 7.47. The van der Waals surface area contributed by atoms with Gasteiger partial charge in [-0.15, -0.1) is 0 Å². The molecule has 6 N–H and O–H groups in total. The second-order valence-corrected chi connectivity index (χ2v) is 44.3. The first kappa shape index (κ1) is 138. The Kier molecular flexibility index (Phi) is 90.2. The lowest BCUT2D eigenvalue weighted by Crippen LogP contribution is -2.30. The van der Waals surface area contributed by atoms with E-state index < -0.39 is 70.9 Å². The zero-order valence-corrected chi connectivity index (χ0v) is 95.8. The van der Waals surface area contributed by atoms with E-state index in [2.05, 4.69) is 154 Å². The zero-order valence-electron chi connectivity index (χ0n) is 94.0. The number of ether oxygens (including phenoxy) is 4. The molecule has 0 spiro atoms. The lowest BCUT2D eigenvalue weighted by atomic mass is 9.72. The van der Waals surface area contributed by atoms with E-state index in [1.54, 1.807) is 13.0 Å². The molecule has 0 bridgehead atoms. The summed E-state index contributed by atoms with van der Waals surface area (Å²) in [5.41, 5.74) is 15.3. The van der Waals surface area contributed by atoms with Crippen molar-refractivity contribution in [1.29, 1.82) is 0 Å². The Hall–Kier alpha value is -6.64. The number of carboxylic acid groups (broad SMARTS) is 1. The number of nitrogens with two attached hydrogens (primary N) is 1. The Morgan fingerprint density at radius 3 is 0.931 bits per heavy atom. The summed E-state index contributed by atoms with van der Waals surface area (Å²) in [6.45, 7) is 28.4. The summed E-state index contributed by atoms with van der Waals surface area (Å²) in [6.07, 6.45) is 108. The van der Waals surface area contributed by atoms with E-state index in [9.17, 15) is 47.7 Å². The van der Waals surface area contributed by atoms with Crippen LogP contribution in [0.4, 0.5) is 0 Å². The topological polar surface area (TPSA) is 309 Å². The lowest BCUT2D eigenvalue weighted by Gasteiger charge is -2.33. The molecule has 832 valence electrons. The van der Waals surface area contributed by atoms with E-state index >= 15 is 0 Å². The van der Waals surface area contributed by atoms with Crippen LogP contribution < -0.4 is 11.1 Å². The number of phosphoric acid groups is 2. The zero-order chi connectivity index (χ0) is 107. The molecule has 23 heteroatoms. The number of unbranched alkanes of at least 4 members (excludes halogenated alkanes) is 44. The van der Waals surface area contributed by atoms with Gasteiger partial charge >= 0.3 is 45.5 Å². The van der Waals surface area contributed by atoms with Gasteiger partial charge in [0.2, 0.25) is 5.91 Å². The van der Waals surface area contributed by atoms with E-state index in [4.69, 9.17) is 47.9 Å². The summed E-state index contributed by atoms with van der Waals surface area (Å²) < 4.78 is 66.9. The van der Waals surface area contributed by atoms with Crippen molar-refractivity contribution in [3.05, 3.63) is 166 Å². The number of carbonyl (C=O) groups excluding carboxylic acids is 5. The van der Waals surface area contributed by atoms with E-state index in [1.807, 2.05) is 44.2 Å². The first-order chi connectivity index (χ1) is 69.7. The largest absolute Gasteiger partial charge is 0.478 e. The van der Waals surface area contributed by atoms with E-state index in [1.165, 1.54) is 240 Å². The minimum Gasteiger partial charge on any atom is -0.478 e. The third kappa shape index (κ3) is 88.8. The first-order valence-electron chi connectivity index (χ1n) is 57.3. The molecular weight excluding hydrogens is 1860 g/mol. The van der Waals surface area contributed by atoms with Crippen molar-refractivity contribution in [2.45, 2.75) is 507 Å². The van der Waals surface area contributed by atoms with Crippen molar-refractivity contribution in [3.8, 4) is 0 Å². The van der Waals surface area contributed by atoms with Crippen LogP contribution in [-0.4, -0.2) is 116 Å². The quantitative estimate of drug-likeness (QED) is 0.00718. The smallest absolute Gasteiger partial charge is 0.472 e. The molecule has 21 nitrogen and oxygen atoms in total. The number of rotatable bonds is 89. The van der Waals surface area contributed by atoms with Gasteiger partial charge in [0.25, 0.3) is 0 Å². The maximum absolute atomic E-state index is 12.9. The maximum Gasteiger partial charge on any atom is 0.472 e. The van der Waals surface area contributed by atoms with Crippen molar-refractivity contribution in [2.24, 2.45) is 16.6 Å². The molecule has 0 aliphatic heterocycles. The fourth-order valence-electron chi connectivity index (χ4n) is 17.3. The van der Waals surface area contributed by atoms with Crippen LogP contribution in [0.25, 0.3) is 0 Å². The van der Waals surface area contributed by atoms with Crippen molar-refractivity contribution in [3.63, 3.8) is 0 Å². The predicted octanol–water partition coefficient (Wildman–Crippen LogP) is 34.5. The van der Waals surface area contributed by atoms with Crippen LogP contribution in [0.15, 0.2) is 166 Å². The molecule has 0 saturated carbocycles.